The minimum atomic E-state index is -0.158. The quantitative estimate of drug-likeness (QED) is 0.870. The average Bonchev–Trinajstić information content (AvgIpc) is 2.95. The smallest absolute Gasteiger partial charge is 0.267 e. The third-order valence-electron chi connectivity index (χ3n) is 3.94. The van der Waals surface area contributed by atoms with E-state index < -0.39 is 0 Å². The largest absolute Gasteiger partial charge is 0.346 e. The van der Waals surface area contributed by atoms with Crippen LogP contribution in [0.5, 0.6) is 0 Å². The number of rotatable bonds is 3. The van der Waals surface area contributed by atoms with E-state index in [1.807, 2.05) is 13.1 Å². The maximum atomic E-state index is 12.3. The second-order valence-corrected chi connectivity index (χ2v) is 5.36. The van der Waals surface area contributed by atoms with Gasteiger partial charge in [-0.2, -0.15) is 5.10 Å². The van der Waals surface area contributed by atoms with Crippen LogP contribution in [-0.4, -0.2) is 44.7 Å². The number of nitrogens with zero attached hydrogens (tertiary/aromatic N) is 4. The molecule has 1 aromatic rings. The number of aromatic nitrogens is 2. The molecule has 0 unspecified atom stereocenters. The van der Waals surface area contributed by atoms with Crippen molar-refractivity contribution >= 4 is 17.5 Å². The zero-order valence-corrected chi connectivity index (χ0v) is 12.1. The second kappa shape index (κ2) is 5.67. The monoisotopic (exact) mass is 289 g/mol. The molecule has 0 saturated heterocycles. The zero-order valence-electron chi connectivity index (χ0n) is 12.1. The SMILES string of the molecule is CCN1N=C(C(=O)N[C@@H]2CCc3nccn3C2)CCC1=O. The molecule has 1 N–H and O–H groups in total. The Bertz CT molecular complexity index is 592. The van der Waals surface area contributed by atoms with Crippen molar-refractivity contribution in [1.29, 1.82) is 0 Å². The molecule has 7 nitrogen and oxygen atoms in total. The van der Waals surface area contributed by atoms with Crippen molar-refractivity contribution in [3.63, 3.8) is 0 Å². The topological polar surface area (TPSA) is 79.6 Å². The Morgan fingerprint density at radius 3 is 3.10 bits per heavy atom. The van der Waals surface area contributed by atoms with Gasteiger partial charge in [-0.1, -0.05) is 0 Å². The molecule has 0 aliphatic carbocycles. The van der Waals surface area contributed by atoms with E-state index >= 15 is 0 Å². The first kappa shape index (κ1) is 13.8. The van der Waals surface area contributed by atoms with E-state index in [0.29, 0.717) is 25.1 Å². The zero-order chi connectivity index (χ0) is 14.8. The van der Waals surface area contributed by atoms with Gasteiger partial charge in [-0.3, -0.25) is 9.59 Å². The molecule has 1 atom stereocenters. The Balaban J connectivity index is 1.63. The number of amides is 2. The molecular weight excluding hydrogens is 270 g/mol. The van der Waals surface area contributed by atoms with Crippen LogP contribution < -0.4 is 5.32 Å². The Hall–Kier alpha value is -2.18. The van der Waals surface area contributed by atoms with Gasteiger partial charge in [-0.25, -0.2) is 9.99 Å². The minimum absolute atomic E-state index is 0.0187. The molecule has 0 radical (unpaired) electrons. The highest BCUT2D eigenvalue weighted by molar-refractivity contribution is 6.39. The fraction of sp³-hybridized carbons (Fsp3) is 0.571. The molecule has 21 heavy (non-hydrogen) atoms. The molecule has 2 amide bonds. The number of carbonyl (C=O) groups excluding carboxylic acids is 2. The summed E-state index contributed by atoms with van der Waals surface area (Å²) < 4.78 is 2.07. The van der Waals surface area contributed by atoms with Crippen LogP contribution in [-0.2, 0) is 22.6 Å². The number of carbonyl (C=O) groups is 2. The van der Waals surface area contributed by atoms with Gasteiger partial charge in [0.05, 0.1) is 0 Å². The third-order valence-corrected chi connectivity index (χ3v) is 3.94. The van der Waals surface area contributed by atoms with Crippen LogP contribution in [0.25, 0.3) is 0 Å². The van der Waals surface area contributed by atoms with E-state index in [2.05, 4.69) is 20.0 Å². The first-order valence-electron chi connectivity index (χ1n) is 7.36. The first-order chi connectivity index (χ1) is 10.2. The summed E-state index contributed by atoms with van der Waals surface area (Å²) >= 11 is 0. The predicted octanol–water partition coefficient (Wildman–Crippen LogP) is 0.312. The van der Waals surface area contributed by atoms with Gasteiger partial charge in [0.15, 0.2) is 0 Å². The maximum absolute atomic E-state index is 12.3. The fourth-order valence-corrected chi connectivity index (χ4v) is 2.76. The molecule has 0 spiro atoms. The van der Waals surface area contributed by atoms with Crippen molar-refractivity contribution in [2.75, 3.05) is 6.54 Å². The van der Waals surface area contributed by atoms with Crippen LogP contribution in [0, 0.1) is 0 Å². The first-order valence-corrected chi connectivity index (χ1v) is 7.36. The molecule has 2 aliphatic heterocycles. The van der Waals surface area contributed by atoms with Crippen molar-refractivity contribution in [2.45, 2.75) is 45.2 Å². The average molecular weight is 289 g/mol. The van der Waals surface area contributed by atoms with Crippen molar-refractivity contribution in [2.24, 2.45) is 5.10 Å². The van der Waals surface area contributed by atoms with Gasteiger partial charge in [0, 0.05) is 50.8 Å². The summed E-state index contributed by atoms with van der Waals surface area (Å²) in [6.07, 6.45) is 6.25. The number of nitrogens with one attached hydrogen (secondary N) is 1. The molecule has 2 aliphatic rings. The second-order valence-electron chi connectivity index (χ2n) is 5.36. The van der Waals surface area contributed by atoms with E-state index in [1.54, 1.807) is 6.20 Å². The molecular formula is C14H19N5O2. The summed E-state index contributed by atoms with van der Waals surface area (Å²) in [6, 6.07) is 0.0922. The molecule has 7 heteroatoms. The van der Waals surface area contributed by atoms with Gasteiger partial charge < -0.3 is 9.88 Å². The minimum Gasteiger partial charge on any atom is -0.346 e. The van der Waals surface area contributed by atoms with Crippen molar-refractivity contribution in [1.82, 2.24) is 19.9 Å². The summed E-state index contributed by atoms with van der Waals surface area (Å²) in [5.41, 5.74) is 0.452. The van der Waals surface area contributed by atoms with Gasteiger partial charge in [-0.05, 0) is 13.3 Å². The number of imidazole rings is 1. The molecule has 0 aromatic carbocycles. The van der Waals surface area contributed by atoms with Crippen molar-refractivity contribution < 1.29 is 9.59 Å². The van der Waals surface area contributed by atoms with Crippen LogP contribution in [0.2, 0.25) is 0 Å². The van der Waals surface area contributed by atoms with E-state index in [1.165, 1.54) is 5.01 Å². The summed E-state index contributed by atoms with van der Waals surface area (Å²) in [6.45, 7) is 3.09. The predicted molar refractivity (Wildman–Crippen MR) is 76.5 cm³/mol. The number of hydrogen-bond donors (Lipinski definition) is 1. The van der Waals surface area contributed by atoms with Gasteiger partial charge in [0.2, 0.25) is 5.91 Å². The Kier molecular flexibility index (Phi) is 3.72. The van der Waals surface area contributed by atoms with Gasteiger partial charge in [-0.15, -0.1) is 0 Å². The summed E-state index contributed by atoms with van der Waals surface area (Å²) in [4.78, 5) is 28.1. The van der Waals surface area contributed by atoms with Crippen LogP contribution in [0.4, 0.5) is 0 Å². The third kappa shape index (κ3) is 2.81. The molecule has 0 saturated carbocycles. The number of hydrazone groups is 1. The summed E-state index contributed by atoms with van der Waals surface area (Å²) in [5.74, 6) is 0.891. The Morgan fingerprint density at radius 1 is 1.43 bits per heavy atom. The molecule has 0 fully saturated rings. The molecule has 0 bridgehead atoms. The van der Waals surface area contributed by atoms with Crippen LogP contribution >= 0.6 is 0 Å². The number of fused-ring (bicyclic) bond motifs is 1. The molecule has 112 valence electrons. The highest BCUT2D eigenvalue weighted by atomic mass is 16.2. The molecule has 1 aromatic heterocycles. The van der Waals surface area contributed by atoms with Crippen LogP contribution in [0.3, 0.4) is 0 Å². The van der Waals surface area contributed by atoms with E-state index in [4.69, 9.17) is 0 Å². The molecule has 3 rings (SSSR count). The van der Waals surface area contributed by atoms with E-state index in [0.717, 1.165) is 25.2 Å². The van der Waals surface area contributed by atoms with Crippen LogP contribution in [0.1, 0.15) is 32.0 Å². The Morgan fingerprint density at radius 2 is 2.29 bits per heavy atom. The molecule has 3 heterocycles. The summed E-state index contributed by atoms with van der Waals surface area (Å²) in [7, 11) is 0. The highest BCUT2D eigenvalue weighted by Gasteiger charge is 2.26. The lowest BCUT2D eigenvalue weighted by Crippen LogP contribution is -2.46. The van der Waals surface area contributed by atoms with Gasteiger partial charge >= 0.3 is 0 Å². The van der Waals surface area contributed by atoms with E-state index in [9.17, 15) is 9.59 Å². The van der Waals surface area contributed by atoms with Crippen molar-refractivity contribution in [3.8, 4) is 0 Å². The fourth-order valence-electron chi connectivity index (χ4n) is 2.76. The van der Waals surface area contributed by atoms with E-state index in [-0.39, 0.29) is 17.9 Å². The Labute approximate surface area is 123 Å². The number of hydrogen-bond acceptors (Lipinski definition) is 4. The van der Waals surface area contributed by atoms with Gasteiger partial charge in [0.25, 0.3) is 5.91 Å². The lowest BCUT2D eigenvalue weighted by atomic mass is 10.1. The maximum Gasteiger partial charge on any atom is 0.267 e. The number of aryl methyl sites for hydroxylation is 1. The van der Waals surface area contributed by atoms with Crippen LogP contribution in [0.15, 0.2) is 17.5 Å². The standard InChI is InChI=1S/C14H19N5O2/c1-2-19-13(20)6-4-11(17-19)14(21)16-10-3-5-12-15-7-8-18(12)9-10/h7-8,10H,2-6,9H2,1H3,(H,16,21)/t10-/m1/s1. The normalized spacial score (nSPS) is 21.8. The summed E-state index contributed by atoms with van der Waals surface area (Å²) in [5, 5.41) is 8.54. The van der Waals surface area contributed by atoms with Crippen molar-refractivity contribution in [3.05, 3.63) is 18.2 Å². The highest BCUT2D eigenvalue weighted by Crippen LogP contribution is 2.14. The lowest BCUT2D eigenvalue weighted by Gasteiger charge is -2.26. The lowest BCUT2D eigenvalue weighted by molar-refractivity contribution is -0.131. The van der Waals surface area contributed by atoms with Gasteiger partial charge in [0.1, 0.15) is 11.5 Å².